The van der Waals surface area contributed by atoms with Gasteiger partial charge in [-0.3, -0.25) is 4.79 Å². The van der Waals surface area contributed by atoms with Gasteiger partial charge in [0, 0.05) is 30.8 Å². The largest absolute Gasteiger partial charge is 0.377 e. The zero-order valence-electron chi connectivity index (χ0n) is 10.7. The fourth-order valence-electron chi connectivity index (χ4n) is 1.62. The van der Waals surface area contributed by atoms with Crippen LogP contribution in [-0.4, -0.2) is 25.2 Å². The van der Waals surface area contributed by atoms with Gasteiger partial charge in [-0.2, -0.15) is 0 Å². The molecule has 0 bridgehead atoms. The maximum absolute atomic E-state index is 13.5. The van der Waals surface area contributed by atoms with E-state index >= 15 is 0 Å². The van der Waals surface area contributed by atoms with Crippen LogP contribution < -0.4 is 11.1 Å². The molecular weight excluding hydrogens is 235 g/mol. The highest BCUT2D eigenvalue weighted by Crippen LogP contribution is 2.10. The van der Waals surface area contributed by atoms with E-state index in [4.69, 9.17) is 10.5 Å². The molecule has 0 saturated carbocycles. The topological polar surface area (TPSA) is 64.3 Å². The van der Waals surface area contributed by atoms with Crippen molar-refractivity contribution >= 4 is 5.91 Å². The van der Waals surface area contributed by atoms with E-state index in [2.05, 4.69) is 5.32 Å². The molecule has 18 heavy (non-hydrogen) atoms. The van der Waals surface area contributed by atoms with Crippen LogP contribution in [0.5, 0.6) is 0 Å². The van der Waals surface area contributed by atoms with Gasteiger partial charge in [-0.05, 0) is 32.0 Å². The molecule has 0 saturated heterocycles. The van der Waals surface area contributed by atoms with Gasteiger partial charge in [0.15, 0.2) is 0 Å². The first-order chi connectivity index (χ1) is 8.54. The molecule has 0 aliphatic rings. The molecule has 100 valence electrons. The summed E-state index contributed by atoms with van der Waals surface area (Å²) in [5, 5.41) is 3.08. The molecule has 0 heterocycles. The first-order valence-electron chi connectivity index (χ1n) is 5.95. The normalized spacial score (nSPS) is 12.4. The Morgan fingerprint density at radius 2 is 2.28 bits per heavy atom. The second-order valence-electron chi connectivity index (χ2n) is 4.07. The van der Waals surface area contributed by atoms with E-state index in [9.17, 15) is 9.18 Å². The summed E-state index contributed by atoms with van der Waals surface area (Å²) in [5.41, 5.74) is 5.88. The second-order valence-corrected chi connectivity index (χ2v) is 4.07. The van der Waals surface area contributed by atoms with E-state index in [0.717, 1.165) is 0 Å². The lowest BCUT2D eigenvalue weighted by atomic mass is 10.1. The quantitative estimate of drug-likeness (QED) is 0.774. The summed E-state index contributed by atoms with van der Waals surface area (Å²) in [7, 11) is 0. The van der Waals surface area contributed by atoms with Crippen molar-refractivity contribution in [2.45, 2.75) is 26.5 Å². The van der Waals surface area contributed by atoms with Crippen molar-refractivity contribution in [2.75, 3.05) is 13.2 Å². The fraction of sp³-hybridized carbons (Fsp3) is 0.462. The van der Waals surface area contributed by atoms with Gasteiger partial charge < -0.3 is 15.8 Å². The summed E-state index contributed by atoms with van der Waals surface area (Å²) in [4.78, 5) is 11.0. The van der Waals surface area contributed by atoms with Crippen molar-refractivity contribution in [2.24, 2.45) is 5.73 Å². The number of nitrogens with one attached hydrogen (secondary N) is 1. The van der Waals surface area contributed by atoms with Crippen LogP contribution in [0, 0.1) is 5.82 Å². The second kappa shape index (κ2) is 7.08. The van der Waals surface area contributed by atoms with E-state index in [1.165, 1.54) is 18.2 Å². The number of benzene rings is 1. The highest BCUT2D eigenvalue weighted by Gasteiger charge is 2.07. The molecule has 0 spiro atoms. The highest BCUT2D eigenvalue weighted by atomic mass is 19.1. The van der Waals surface area contributed by atoms with E-state index in [0.29, 0.717) is 30.8 Å². The Hall–Kier alpha value is -1.46. The van der Waals surface area contributed by atoms with Gasteiger partial charge in [-0.15, -0.1) is 0 Å². The first kappa shape index (κ1) is 14.6. The van der Waals surface area contributed by atoms with Crippen molar-refractivity contribution < 1.29 is 13.9 Å². The number of amides is 1. The zero-order valence-corrected chi connectivity index (χ0v) is 10.7. The molecule has 0 fully saturated rings. The molecular formula is C13H19FN2O2. The predicted octanol–water partition coefficient (Wildman–Crippen LogP) is 1.44. The lowest BCUT2D eigenvalue weighted by molar-refractivity contribution is 0.0758. The number of hydrogen-bond acceptors (Lipinski definition) is 3. The Bertz CT molecular complexity index is 410. The number of halogens is 1. The van der Waals surface area contributed by atoms with Crippen LogP contribution in [-0.2, 0) is 11.3 Å². The number of nitrogens with two attached hydrogens (primary N) is 1. The van der Waals surface area contributed by atoms with Crippen molar-refractivity contribution in [3.63, 3.8) is 0 Å². The van der Waals surface area contributed by atoms with Crippen LogP contribution in [0.15, 0.2) is 18.2 Å². The molecule has 4 nitrogen and oxygen atoms in total. The molecule has 1 aromatic carbocycles. The monoisotopic (exact) mass is 254 g/mol. The van der Waals surface area contributed by atoms with Gasteiger partial charge >= 0.3 is 0 Å². The van der Waals surface area contributed by atoms with Gasteiger partial charge in [0.25, 0.3) is 0 Å². The molecule has 3 N–H and O–H groups in total. The van der Waals surface area contributed by atoms with Crippen LogP contribution in [0.4, 0.5) is 4.39 Å². The lowest BCUT2D eigenvalue weighted by Crippen LogP contribution is -2.27. The average molecular weight is 254 g/mol. The SMILES string of the molecule is CCOC(C)CNCc1cc(C(N)=O)ccc1F. The van der Waals surface area contributed by atoms with E-state index in [1.807, 2.05) is 13.8 Å². The number of rotatable bonds is 7. The minimum atomic E-state index is -0.557. The summed E-state index contributed by atoms with van der Waals surface area (Å²) in [5.74, 6) is -0.907. The molecule has 1 aromatic rings. The molecule has 1 unspecified atom stereocenters. The minimum Gasteiger partial charge on any atom is -0.377 e. The van der Waals surface area contributed by atoms with Crippen molar-refractivity contribution in [3.8, 4) is 0 Å². The molecule has 1 atom stereocenters. The molecule has 5 heteroatoms. The summed E-state index contributed by atoms with van der Waals surface area (Å²) in [6, 6.07) is 4.10. The van der Waals surface area contributed by atoms with Gasteiger partial charge in [-0.1, -0.05) is 0 Å². The maximum Gasteiger partial charge on any atom is 0.248 e. The highest BCUT2D eigenvalue weighted by molar-refractivity contribution is 5.92. The standard InChI is InChI=1S/C13H19FN2O2/c1-3-18-9(2)7-16-8-11-6-10(13(15)17)4-5-12(11)14/h4-6,9,16H,3,7-8H2,1-2H3,(H2,15,17). The molecule has 0 aliphatic heterocycles. The Morgan fingerprint density at radius 1 is 1.56 bits per heavy atom. The van der Waals surface area contributed by atoms with Gasteiger partial charge in [0.2, 0.25) is 5.91 Å². The van der Waals surface area contributed by atoms with Crippen molar-refractivity contribution in [1.82, 2.24) is 5.32 Å². The van der Waals surface area contributed by atoms with Crippen molar-refractivity contribution in [1.29, 1.82) is 0 Å². The van der Waals surface area contributed by atoms with Gasteiger partial charge in [0.05, 0.1) is 6.10 Å². The molecule has 1 amide bonds. The molecule has 0 aliphatic carbocycles. The number of carbonyl (C=O) groups is 1. The van der Waals surface area contributed by atoms with Crippen LogP contribution in [0.2, 0.25) is 0 Å². The number of carbonyl (C=O) groups excluding carboxylic acids is 1. The zero-order chi connectivity index (χ0) is 13.5. The van der Waals surface area contributed by atoms with Gasteiger partial charge in [0.1, 0.15) is 5.82 Å². The summed E-state index contributed by atoms with van der Waals surface area (Å²) in [6.45, 7) is 5.46. The van der Waals surface area contributed by atoms with E-state index in [-0.39, 0.29) is 11.9 Å². The number of primary amides is 1. The smallest absolute Gasteiger partial charge is 0.248 e. The molecule has 0 radical (unpaired) electrons. The third-order valence-corrected chi connectivity index (χ3v) is 2.53. The van der Waals surface area contributed by atoms with Gasteiger partial charge in [-0.25, -0.2) is 4.39 Å². The van der Waals surface area contributed by atoms with Crippen LogP contribution in [0.25, 0.3) is 0 Å². The van der Waals surface area contributed by atoms with Crippen LogP contribution in [0.3, 0.4) is 0 Å². The Kier molecular flexibility index (Phi) is 5.74. The molecule has 0 aromatic heterocycles. The lowest BCUT2D eigenvalue weighted by Gasteiger charge is -2.13. The molecule has 1 rings (SSSR count). The summed E-state index contributed by atoms with van der Waals surface area (Å²) in [6.07, 6.45) is 0.0670. The number of ether oxygens (including phenoxy) is 1. The van der Waals surface area contributed by atoms with E-state index in [1.54, 1.807) is 0 Å². The average Bonchev–Trinajstić information content (AvgIpc) is 2.31. The Morgan fingerprint density at radius 3 is 2.89 bits per heavy atom. The number of hydrogen-bond donors (Lipinski definition) is 2. The predicted molar refractivity (Wildman–Crippen MR) is 67.7 cm³/mol. The summed E-state index contributed by atoms with van der Waals surface area (Å²) < 4.78 is 18.8. The van der Waals surface area contributed by atoms with Crippen molar-refractivity contribution in [3.05, 3.63) is 35.1 Å². The first-order valence-corrected chi connectivity index (χ1v) is 5.95. The minimum absolute atomic E-state index is 0.0670. The Labute approximate surface area is 106 Å². The maximum atomic E-state index is 13.5. The van der Waals surface area contributed by atoms with Crippen LogP contribution >= 0.6 is 0 Å². The third-order valence-electron chi connectivity index (χ3n) is 2.53. The van der Waals surface area contributed by atoms with E-state index < -0.39 is 5.91 Å². The van der Waals surface area contributed by atoms with Crippen LogP contribution in [0.1, 0.15) is 29.8 Å². The third kappa shape index (κ3) is 4.43. The summed E-state index contributed by atoms with van der Waals surface area (Å²) >= 11 is 0. The fourth-order valence-corrected chi connectivity index (χ4v) is 1.62. The Balaban J connectivity index is 2.56.